The molecule has 3 heteroatoms. The molecule has 0 N–H and O–H groups in total. The Kier molecular flexibility index (Phi) is 13.3. The van der Waals surface area contributed by atoms with E-state index in [4.69, 9.17) is 9.05 Å². The van der Waals surface area contributed by atoms with Gasteiger partial charge in [-0.25, -0.2) is 0 Å². The topological polar surface area (TPSA) is 18.5 Å². The zero-order chi connectivity index (χ0) is 47.7. The molecule has 0 atom stereocenters. The van der Waals surface area contributed by atoms with Gasteiger partial charge in [-0.3, -0.25) is 0 Å². The number of hydrogen-bond acceptors (Lipinski definition) is 2. The molecule has 0 aliphatic rings. The zero-order valence-electron chi connectivity index (χ0n) is 41.6. The fourth-order valence-corrected chi connectivity index (χ4v) is 10.2. The quantitative estimate of drug-likeness (QED) is 0.127. The summed E-state index contributed by atoms with van der Waals surface area (Å²) in [5, 5.41) is 0. The van der Waals surface area contributed by atoms with Gasteiger partial charge in [-0.1, -0.05) is 253 Å². The maximum atomic E-state index is 7.51. The van der Waals surface area contributed by atoms with Crippen molar-refractivity contribution in [2.45, 2.75) is 105 Å². The first-order valence-electron chi connectivity index (χ1n) is 23.8. The first-order valence-corrected chi connectivity index (χ1v) is 24.6. The Balaban J connectivity index is 1.44. The Morgan fingerprint density at radius 1 is 0.254 bits per heavy atom. The van der Waals surface area contributed by atoms with Crippen LogP contribution in [-0.2, 0) is 21.7 Å². The van der Waals surface area contributed by atoms with Crippen molar-refractivity contribution in [1.82, 2.24) is 0 Å². The molecule has 0 amide bonds. The van der Waals surface area contributed by atoms with Gasteiger partial charge < -0.3 is 9.05 Å². The summed E-state index contributed by atoms with van der Waals surface area (Å²) in [5.74, 6) is 1.61. The molecule has 0 aliphatic heterocycles. The molecule has 0 unspecified atom stereocenters. The lowest BCUT2D eigenvalue weighted by atomic mass is 9.78. The largest absolute Gasteiger partial charge is 0.439 e. The van der Waals surface area contributed by atoms with Crippen molar-refractivity contribution in [2.75, 3.05) is 0 Å². The molecule has 67 heavy (non-hydrogen) atoms. The van der Waals surface area contributed by atoms with Crippen LogP contribution in [0.1, 0.15) is 105 Å². The Morgan fingerprint density at radius 2 is 0.507 bits per heavy atom. The molecular weight excluding hydrogens is 832 g/mol. The monoisotopic (exact) mass is 898 g/mol. The van der Waals surface area contributed by atoms with Crippen LogP contribution in [0.5, 0.6) is 11.5 Å². The fraction of sp³-hybridized carbons (Fsp3) is 0.250. The van der Waals surface area contributed by atoms with E-state index in [0.29, 0.717) is 0 Å². The highest BCUT2D eigenvalue weighted by molar-refractivity contribution is 7.27. The Hall–Kier alpha value is -6.21. The van der Waals surface area contributed by atoms with Crippen LogP contribution in [0.15, 0.2) is 182 Å². The third kappa shape index (κ3) is 9.93. The van der Waals surface area contributed by atoms with E-state index < -0.39 is 9.03 Å². The minimum absolute atomic E-state index is 0.128. The van der Waals surface area contributed by atoms with Gasteiger partial charge in [0.05, 0.1) is 0 Å². The highest BCUT2D eigenvalue weighted by Crippen LogP contribution is 2.54. The minimum atomic E-state index is -0.406. The van der Waals surface area contributed by atoms with Crippen molar-refractivity contribution in [3.05, 3.63) is 204 Å². The van der Waals surface area contributed by atoms with Gasteiger partial charge >= 0.3 is 0 Å². The second kappa shape index (κ2) is 18.8. The van der Waals surface area contributed by atoms with Crippen LogP contribution in [-0.4, -0.2) is 0 Å². The van der Waals surface area contributed by atoms with Crippen molar-refractivity contribution in [3.8, 4) is 78.3 Å². The van der Waals surface area contributed by atoms with Gasteiger partial charge in [0, 0.05) is 22.3 Å². The molecule has 2 nitrogen and oxygen atoms in total. The van der Waals surface area contributed by atoms with Gasteiger partial charge in [0.1, 0.15) is 11.5 Å². The lowest BCUT2D eigenvalue weighted by Gasteiger charge is -2.29. The van der Waals surface area contributed by atoms with Crippen LogP contribution in [0, 0.1) is 0 Å². The molecule has 340 valence electrons. The van der Waals surface area contributed by atoms with Crippen molar-refractivity contribution in [3.63, 3.8) is 0 Å². The summed E-state index contributed by atoms with van der Waals surface area (Å²) in [7, 11) is -0.406. The molecule has 8 aromatic rings. The Morgan fingerprint density at radius 3 is 0.821 bits per heavy atom. The first-order chi connectivity index (χ1) is 31.8. The van der Waals surface area contributed by atoms with Gasteiger partial charge in [0.25, 0.3) is 9.03 Å². The predicted octanol–water partition coefficient (Wildman–Crippen LogP) is 18.8. The summed E-state index contributed by atoms with van der Waals surface area (Å²) in [6.45, 7) is 27.5. The van der Waals surface area contributed by atoms with E-state index >= 15 is 0 Å². The average molecular weight is 899 g/mol. The second-order valence-electron chi connectivity index (χ2n) is 21.9. The zero-order valence-corrected chi connectivity index (χ0v) is 42.6. The summed E-state index contributed by atoms with van der Waals surface area (Å²) >= 11 is 0. The molecule has 0 bridgehead atoms. The Bertz CT molecular complexity index is 2800. The number of benzene rings is 8. The molecule has 0 saturated carbocycles. The van der Waals surface area contributed by atoms with Crippen LogP contribution >= 0.6 is 9.03 Å². The highest BCUT2D eigenvalue weighted by atomic mass is 31.1. The summed E-state index contributed by atoms with van der Waals surface area (Å²) in [6, 6.07) is 65.9. The molecule has 0 fully saturated rings. The van der Waals surface area contributed by atoms with Crippen molar-refractivity contribution >= 4 is 9.03 Å². The molecule has 0 spiro atoms. The van der Waals surface area contributed by atoms with Crippen LogP contribution < -0.4 is 9.05 Å². The maximum absolute atomic E-state index is 7.51. The lowest BCUT2D eigenvalue weighted by Crippen LogP contribution is -2.14. The van der Waals surface area contributed by atoms with Gasteiger partial charge in [0.2, 0.25) is 0 Å². The van der Waals surface area contributed by atoms with E-state index in [1.807, 2.05) is 0 Å². The normalized spacial score (nSPS) is 12.2. The summed E-state index contributed by atoms with van der Waals surface area (Å²) < 4.78 is 15.0. The summed E-state index contributed by atoms with van der Waals surface area (Å²) in [6.07, 6.45) is 0. The molecule has 8 aromatic carbocycles. The van der Waals surface area contributed by atoms with E-state index in [1.54, 1.807) is 0 Å². The van der Waals surface area contributed by atoms with Gasteiger partial charge in [-0.15, -0.1) is 0 Å². The fourth-order valence-electron chi connectivity index (χ4n) is 9.61. The molecule has 0 radical (unpaired) electrons. The van der Waals surface area contributed by atoms with E-state index in [2.05, 4.69) is 265 Å². The minimum Gasteiger partial charge on any atom is -0.439 e. The van der Waals surface area contributed by atoms with Gasteiger partial charge in [0.15, 0.2) is 0 Å². The molecule has 0 saturated heterocycles. The van der Waals surface area contributed by atoms with E-state index in [-0.39, 0.29) is 21.7 Å². The third-order valence-corrected chi connectivity index (χ3v) is 13.4. The molecule has 0 aromatic heterocycles. The van der Waals surface area contributed by atoms with Crippen LogP contribution in [0.3, 0.4) is 0 Å². The number of rotatable bonds is 10. The number of hydrogen-bond donors (Lipinski definition) is 0. The maximum Gasteiger partial charge on any atom is 0.275 e. The van der Waals surface area contributed by atoms with Crippen LogP contribution in [0.25, 0.3) is 66.8 Å². The second-order valence-corrected chi connectivity index (χ2v) is 22.5. The highest BCUT2D eigenvalue weighted by Gasteiger charge is 2.30. The standard InChI is InChI=1S/C64H67O2P/c1-61(2,3)53-35-23-19-31-47(53)49-41-39-45(43-27-15-13-16-28-43)57(51-33-21-25-37-55(51)63(7,8)9)59(49)65-67-66-60-50(48-32-20-24-36-54(48)62(4,5)6)42-40-46(44-29-17-14-18-30-44)58(60)52-34-22-26-38-56(52)64(10,11)12/h13-42,67H,1-12H3. The smallest absolute Gasteiger partial charge is 0.275 e. The first kappa shape index (κ1) is 47.3. The Labute approximate surface area is 403 Å². The molecule has 0 aliphatic carbocycles. The third-order valence-electron chi connectivity index (χ3n) is 12.8. The van der Waals surface area contributed by atoms with E-state index in [0.717, 1.165) is 78.3 Å². The van der Waals surface area contributed by atoms with Crippen molar-refractivity contribution < 1.29 is 9.05 Å². The average Bonchev–Trinajstić information content (AvgIpc) is 3.30. The van der Waals surface area contributed by atoms with Gasteiger partial charge in [-0.2, -0.15) is 0 Å². The van der Waals surface area contributed by atoms with Crippen LogP contribution in [0.2, 0.25) is 0 Å². The summed E-state index contributed by atoms with van der Waals surface area (Å²) in [5.41, 5.74) is 17.7. The lowest BCUT2D eigenvalue weighted by molar-refractivity contribution is 0.519. The molecular formula is C64H67O2P. The van der Waals surface area contributed by atoms with E-state index in [1.165, 1.54) is 22.3 Å². The van der Waals surface area contributed by atoms with Crippen molar-refractivity contribution in [2.24, 2.45) is 0 Å². The molecule has 0 heterocycles. The summed E-state index contributed by atoms with van der Waals surface area (Å²) in [4.78, 5) is 0. The van der Waals surface area contributed by atoms with Crippen molar-refractivity contribution in [1.29, 1.82) is 0 Å². The van der Waals surface area contributed by atoms with E-state index in [9.17, 15) is 0 Å². The predicted molar refractivity (Wildman–Crippen MR) is 290 cm³/mol. The van der Waals surface area contributed by atoms with Crippen LogP contribution in [0.4, 0.5) is 0 Å². The van der Waals surface area contributed by atoms with Gasteiger partial charge in [-0.05, 0) is 101 Å². The SMILES string of the molecule is CC(C)(C)c1ccccc1-c1ccc(-c2ccccc2)c(-c2ccccc2C(C)(C)C)c1OPOc1c(-c2ccccc2C(C)(C)C)ccc(-c2ccccc2)c1-c1ccccc1C(C)(C)C. The molecule has 8 rings (SSSR count).